The van der Waals surface area contributed by atoms with E-state index >= 15 is 0 Å². The maximum Gasteiger partial charge on any atom is 0.262 e. The average Bonchev–Trinajstić information content (AvgIpc) is 3.46. The van der Waals surface area contributed by atoms with Crippen molar-refractivity contribution in [3.63, 3.8) is 0 Å². The normalized spacial score (nSPS) is 21.1. The van der Waals surface area contributed by atoms with Gasteiger partial charge < -0.3 is 10.3 Å². The molecule has 0 radical (unpaired) electrons. The second-order valence-corrected chi connectivity index (χ2v) is 10.9. The maximum atomic E-state index is 12.5. The Morgan fingerprint density at radius 2 is 2.17 bits per heavy atom. The molecule has 1 amide bonds. The highest BCUT2D eigenvalue weighted by molar-refractivity contribution is 8.77. The number of hydrogen-bond acceptors (Lipinski definition) is 6. The Morgan fingerprint density at radius 1 is 1.34 bits per heavy atom. The fourth-order valence-corrected chi connectivity index (χ4v) is 7.21. The van der Waals surface area contributed by atoms with Crippen LogP contribution in [-0.2, 0) is 4.79 Å². The summed E-state index contributed by atoms with van der Waals surface area (Å²) in [6.45, 7) is 1.87. The zero-order valence-electron chi connectivity index (χ0n) is 16.9. The van der Waals surface area contributed by atoms with Gasteiger partial charge in [0.05, 0.1) is 18.3 Å². The number of carbonyl (C=O) groups is 1. The molecule has 1 saturated heterocycles. The molecular weight excluding hydrogens is 406 g/mol. The van der Waals surface area contributed by atoms with Gasteiger partial charge >= 0.3 is 0 Å². The number of aromatic nitrogens is 4. The molecule has 2 aromatic heterocycles. The molecule has 1 saturated carbocycles. The third-order valence-corrected chi connectivity index (χ3v) is 8.85. The molecule has 1 aliphatic carbocycles. The number of H-pyrrole nitrogens is 1. The molecule has 1 aliphatic heterocycles. The molecule has 2 aromatic rings. The number of fused-ring (bicyclic) bond motifs is 1. The van der Waals surface area contributed by atoms with Crippen LogP contribution in [0, 0.1) is 0 Å². The van der Waals surface area contributed by atoms with Gasteiger partial charge in [0.15, 0.2) is 5.65 Å². The van der Waals surface area contributed by atoms with E-state index in [0.29, 0.717) is 29.3 Å². The molecule has 2 atom stereocenters. The Balaban J connectivity index is 1.36. The predicted octanol–water partition coefficient (Wildman–Crippen LogP) is 4.13. The fraction of sp³-hybridized carbons (Fsp3) is 0.700. The number of hydrogen-bond donors (Lipinski definition) is 2. The van der Waals surface area contributed by atoms with Crippen molar-refractivity contribution in [2.75, 3.05) is 5.75 Å². The zero-order chi connectivity index (χ0) is 20.2. The summed E-state index contributed by atoms with van der Waals surface area (Å²) >= 11 is 0. The van der Waals surface area contributed by atoms with Crippen molar-refractivity contribution in [2.45, 2.75) is 82.0 Å². The monoisotopic (exact) mass is 435 g/mol. The van der Waals surface area contributed by atoms with Crippen LogP contribution in [0.5, 0.6) is 0 Å². The van der Waals surface area contributed by atoms with Gasteiger partial charge in [-0.15, -0.1) is 0 Å². The van der Waals surface area contributed by atoms with E-state index in [9.17, 15) is 9.59 Å². The smallest absolute Gasteiger partial charge is 0.262 e. The van der Waals surface area contributed by atoms with Gasteiger partial charge in [0.25, 0.3) is 5.56 Å². The lowest BCUT2D eigenvalue weighted by molar-refractivity contribution is -0.121. The van der Waals surface area contributed by atoms with Crippen molar-refractivity contribution in [1.82, 2.24) is 25.1 Å². The number of unbranched alkanes of at least 4 members (excludes halogenated alkanes) is 1. The molecule has 0 aromatic carbocycles. The fourth-order valence-electron chi connectivity index (χ4n) is 4.18. The number of nitrogens with zero attached hydrogens (tertiary/aromatic N) is 3. The Morgan fingerprint density at radius 3 is 2.93 bits per heavy atom. The molecule has 2 aliphatic rings. The van der Waals surface area contributed by atoms with Crippen LogP contribution in [0.15, 0.2) is 11.0 Å². The van der Waals surface area contributed by atoms with Crippen LogP contribution in [0.1, 0.15) is 82.6 Å². The highest BCUT2D eigenvalue weighted by Gasteiger charge is 2.22. The van der Waals surface area contributed by atoms with E-state index in [1.54, 1.807) is 6.20 Å². The van der Waals surface area contributed by atoms with Crippen LogP contribution in [0.25, 0.3) is 11.0 Å². The third kappa shape index (κ3) is 4.99. The summed E-state index contributed by atoms with van der Waals surface area (Å²) in [7, 11) is 3.95. The minimum Gasteiger partial charge on any atom is -0.346 e. The third-order valence-electron chi connectivity index (χ3n) is 5.85. The van der Waals surface area contributed by atoms with Crippen LogP contribution < -0.4 is 10.9 Å². The van der Waals surface area contributed by atoms with Crippen LogP contribution in [0.3, 0.4) is 0 Å². The largest absolute Gasteiger partial charge is 0.346 e. The molecule has 2 fully saturated rings. The minimum absolute atomic E-state index is 0.0120. The first-order chi connectivity index (χ1) is 14.1. The zero-order valence-corrected chi connectivity index (χ0v) is 18.5. The van der Waals surface area contributed by atoms with E-state index in [2.05, 4.69) is 20.4 Å². The first kappa shape index (κ1) is 20.8. The molecule has 3 heterocycles. The summed E-state index contributed by atoms with van der Waals surface area (Å²) < 4.78 is 1.90. The van der Waals surface area contributed by atoms with Crippen molar-refractivity contribution in [2.24, 2.45) is 0 Å². The van der Waals surface area contributed by atoms with Gasteiger partial charge in [0.1, 0.15) is 11.2 Å². The van der Waals surface area contributed by atoms with Gasteiger partial charge in [-0.2, -0.15) is 5.10 Å². The maximum absolute atomic E-state index is 12.5. The van der Waals surface area contributed by atoms with Crippen LogP contribution in [0.2, 0.25) is 0 Å². The average molecular weight is 436 g/mol. The molecule has 158 valence electrons. The minimum atomic E-state index is -0.340. The van der Waals surface area contributed by atoms with Crippen LogP contribution in [0.4, 0.5) is 0 Å². The topological polar surface area (TPSA) is 92.7 Å². The lowest BCUT2D eigenvalue weighted by Gasteiger charge is -2.15. The highest BCUT2D eigenvalue weighted by Crippen LogP contribution is 2.39. The summed E-state index contributed by atoms with van der Waals surface area (Å²) in [4.78, 5) is 32.3. The van der Waals surface area contributed by atoms with Crippen molar-refractivity contribution in [3.05, 3.63) is 22.4 Å². The number of carbonyl (C=O) groups excluding carboxylic acids is 1. The van der Waals surface area contributed by atoms with Crippen molar-refractivity contribution in [3.8, 4) is 0 Å². The Bertz CT molecular complexity index is 900. The second-order valence-electron chi connectivity index (χ2n) is 8.08. The summed E-state index contributed by atoms with van der Waals surface area (Å²) in [5.74, 6) is 1.76. The number of nitrogens with one attached hydrogen (secondary N) is 2. The lowest BCUT2D eigenvalue weighted by Crippen LogP contribution is -2.29. The van der Waals surface area contributed by atoms with E-state index in [0.717, 1.165) is 30.9 Å². The van der Waals surface area contributed by atoms with Crippen LogP contribution in [-0.4, -0.2) is 36.7 Å². The van der Waals surface area contributed by atoms with Gasteiger partial charge in [-0.25, -0.2) is 9.67 Å². The first-order valence-corrected chi connectivity index (χ1v) is 13.0. The van der Waals surface area contributed by atoms with Gasteiger partial charge in [0.2, 0.25) is 5.91 Å². The first-order valence-electron chi connectivity index (χ1n) is 10.7. The molecule has 9 heteroatoms. The molecule has 0 bridgehead atoms. The van der Waals surface area contributed by atoms with Gasteiger partial charge in [-0.3, -0.25) is 9.59 Å². The van der Waals surface area contributed by atoms with Crippen molar-refractivity contribution >= 4 is 38.5 Å². The second kappa shape index (κ2) is 9.55. The summed E-state index contributed by atoms with van der Waals surface area (Å²) in [6.07, 6.45) is 11.1. The molecule has 7 nitrogen and oxygen atoms in total. The van der Waals surface area contributed by atoms with E-state index in [1.165, 1.54) is 31.4 Å². The predicted molar refractivity (Wildman–Crippen MR) is 119 cm³/mol. The van der Waals surface area contributed by atoms with Crippen molar-refractivity contribution < 1.29 is 4.79 Å². The standard InChI is InChI=1S/C20H29N5O2S2/c1-13(22-17(26)9-5-4-8-15-10-11-28-29-15)18-23-19-16(20(27)24-18)12-21-25(19)14-6-2-3-7-14/h12-15H,2-11H2,1H3,(H,22,26)(H,23,24,27)/t13-,15+/m1/s1. The summed E-state index contributed by atoms with van der Waals surface area (Å²) in [5.41, 5.74) is 0.436. The molecular formula is C20H29N5O2S2. The molecule has 2 N–H and O–H groups in total. The van der Waals surface area contributed by atoms with E-state index in [1.807, 2.05) is 33.2 Å². The Kier molecular flexibility index (Phi) is 6.85. The lowest BCUT2D eigenvalue weighted by atomic mass is 10.1. The molecule has 29 heavy (non-hydrogen) atoms. The number of amides is 1. The Hall–Kier alpha value is -1.48. The quantitative estimate of drug-likeness (QED) is 0.478. The Labute approximate surface area is 178 Å². The molecule has 0 unspecified atom stereocenters. The summed E-state index contributed by atoms with van der Waals surface area (Å²) in [6, 6.07) is -0.0238. The van der Waals surface area contributed by atoms with Gasteiger partial charge in [-0.1, -0.05) is 40.9 Å². The summed E-state index contributed by atoms with van der Waals surface area (Å²) in [5, 5.41) is 8.69. The van der Waals surface area contributed by atoms with Gasteiger partial charge in [-0.05, 0) is 39.0 Å². The van der Waals surface area contributed by atoms with E-state index in [4.69, 9.17) is 0 Å². The number of aromatic amines is 1. The van der Waals surface area contributed by atoms with E-state index < -0.39 is 0 Å². The molecule has 4 rings (SSSR count). The van der Waals surface area contributed by atoms with E-state index in [-0.39, 0.29) is 17.5 Å². The molecule has 0 spiro atoms. The van der Waals surface area contributed by atoms with Crippen molar-refractivity contribution in [1.29, 1.82) is 0 Å². The highest BCUT2D eigenvalue weighted by atomic mass is 33.1. The van der Waals surface area contributed by atoms with Gasteiger partial charge in [0, 0.05) is 17.4 Å². The number of rotatable bonds is 8. The van der Waals surface area contributed by atoms with Crippen LogP contribution >= 0.6 is 21.6 Å². The SMILES string of the molecule is C[C@@H](NC(=O)CCCC[C@H]1CCSS1)c1nc2c(cnn2C2CCCC2)c(=O)[nH]1.